The maximum Gasteiger partial charge on any atom is 0.490 e. The van der Waals surface area contributed by atoms with Gasteiger partial charge >= 0.3 is 18.3 Å². The summed E-state index contributed by atoms with van der Waals surface area (Å²) in [6, 6.07) is 6.09. The van der Waals surface area contributed by atoms with Crippen molar-refractivity contribution in [3.05, 3.63) is 54.0 Å². The Balaban J connectivity index is 0.000000616. The molecule has 1 aromatic carbocycles. The van der Waals surface area contributed by atoms with Crippen LogP contribution in [0.1, 0.15) is 25.8 Å². The normalized spacial score (nSPS) is 18.4. The molecule has 0 spiro atoms. The highest BCUT2D eigenvalue weighted by atomic mass is 19.4. The van der Waals surface area contributed by atoms with Crippen LogP contribution in [0.3, 0.4) is 0 Å². The Hall–Kier alpha value is -4.81. The molecule has 1 aliphatic rings. The number of aliphatic carboxylic acids is 1. The molecule has 0 aliphatic carbocycles. The molecule has 0 fully saturated rings. The summed E-state index contributed by atoms with van der Waals surface area (Å²) in [5.41, 5.74) is 4.97. The van der Waals surface area contributed by atoms with E-state index in [2.05, 4.69) is 27.0 Å². The van der Waals surface area contributed by atoms with Gasteiger partial charge in [-0.1, -0.05) is 11.1 Å². The second kappa shape index (κ2) is 12.4. The molecule has 4 rings (SSSR count). The zero-order valence-corrected chi connectivity index (χ0v) is 21.7. The molecule has 16 heteroatoms. The van der Waals surface area contributed by atoms with E-state index in [1.54, 1.807) is 25.1 Å². The third-order valence-electron chi connectivity index (χ3n) is 5.63. The number of ether oxygens (including phenoxy) is 2. The zero-order chi connectivity index (χ0) is 31.3. The van der Waals surface area contributed by atoms with Crippen LogP contribution in [-0.4, -0.2) is 52.2 Å². The van der Waals surface area contributed by atoms with Crippen molar-refractivity contribution in [1.29, 1.82) is 0 Å². The van der Waals surface area contributed by atoms with Crippen LogP contribution in [0.2, 0.25) is 0 Å². The number of nitrogens with two attached hydrogens (primary N) is 1. The van der Waals surface area contributed by atoms with Crippen LogP contribution in [0, 0.1) is 17.7 Å². The number of benzene rings is 1. The van der Waals surface area contributed by atoms with Crippen LogP contribution in [0.4, 0.5) is 30.7 Å². The van der Waals surface area contributed by atoms with Crippen molar-refractivity contribution < 1.29 is 54.6 Å². The molecule has 0 radical (unpaired) electrons. The van der Waals surface area contributed by atoms with E-state index in [1.165, 1.54) is 25.3 Å². The third-order valence-corrected chi connectivity index (χ3v) is 5.63. The fraction of sp³-hybridized carbons (Fsp3) is 0.308. The van der Waals surface area contributed by atoms with Gasteiger partial charge in [0.05, 0.1) is 11.9 Å². The van der Waals surface area contributed by atoms with Crippen molar-refractivity contribution in [2.45, 2.75) is 44.3 Å². The van der Waals surface area contributed by atoms with E-state index in [0.717, 1.165) is 6.07 Å². The number of hydrogen-bond donors (Lipinski definition) is 2. The molecule has 3 N–H and O–H groups in total. The quantitative estimate of drug-likeness (QED) is 0.291. The molecule has 2 aromatic heterocycles. The standard InChI is InChI=1S/C24H20F4N4O3.C2HF3O2/c1-3-4-9-33-15-6-8-18(30-13-15)19-11-20(35-32-19)14-5-7-17(25)16(10-14)23(2)12-21(24(26,27)28)31-22(29)34-23;3-2(4,5)1(6)7/h5-8,10-11,13,21H,9,12H2,1-2H3,(H2,29,31);(H,6,7)/t21-,23-;/m0./s1. The van der Waals surface area contributed by atoms with Crippen LogP contribution >= 0.6 is 0 Å². The van der Waals surface area contributed by atoms with Crippen LogP contribution in [0.5, 0.6) is 5.75 Å². The summed E-state index contributed by atoms with van der Waals surface area (Å²) in [4.78, 5) is 16.5. The Morgan fingerprint density at radius 1 is 1.17 bits per heavy atom. The minimum atomic E-state index is -5.08. The Bertz CT molecular complexity index is 1510. The van der Waals surface area contributed by atoms with Gasteiger partial charge in [0, 0.05) is 23.6 Å². The Morgan fingerprint density at radius 3 is 2.43 bits per heavy atom. The first-order chi connectivity index (χ1) is 19.5. The number of aliphatic imine (C=N–C) groups is 1. The zero-order valence-electron chi connectivity index (χ0n) is 21.7. The molecule has 0 unspecified atom stereocenters. The number of halogens is 7. The van der Waals surface area contributed by atoms with Crippen LogP contribution in [-0.2, 0) is 15.1 Å². The van der Waals surface area contributed by atoms with Crippen molar-refractivity contribution in [2.24, 2.45) is 10.7 Å². The minimum absolute atomic E-state index is 0.116. The molecule has 0 bridgehead atoms. The van der Waals surface area contributed by atoms with Crippen LogP contribution in [0.25, 0.3) is 22.7 Å². The highest BCUT2D eigenvalue weighted by Crippen LogP contribution is 2.41. The maximum atomic E-state index is 14.8. The van der Waals surface area contributed by atoms with Crippen LogP contribution in [0.15, 0.2) is 52.1 Å². The molecule has 2 atom stereocenters. The van der Waals surface area contributed by atoms with Crippen molar-refractivity contribution in [3.8, 4) is 40.3 Å². The topological polar surface area (TPSA) is 133 Å². The fourth-order valence-electron chi connectivity index (χ4n) is 3.65. The maximum absolute atomic E-state index is 14.8. The Labute approximate surface area is 233 Å². The number of rotatable bonds is 5. The predicted octanol–water partition coefficient (Wildman–Crippen LogP) is 5.46. The van der Waals surface area contributed by atoms with E-state index in [1.807, 2.05) is 0 Å². The molecule has 224 valence electrons. The number of carboxylic acids is 1. The number of carboxylic acid groups (broad SMARTS) is 1. The first-order valence-corrected chi connectivity index (χ1v) is 11.7. The molecular formula is C26H21F7N4O5. The predicted molar refractivity (Wildman–Crippen MR) is 132 cm³/mol. The lowest BCUT2D eigenvalue weighted by atomic mass is 9.86. The van der Waals surface area contributed by atoms with E-state index in [-0.39, 0.29) is 17.9 Å². The Morgan fingerprint density at radius 2 is 1.86 bits per heavy atom. The smallest absolute Gasteiger partial charge is 0.479 e. The van der Waals surface area contributed by atoms with Crippen molar-refractivity contribution in [3.63, 3.8) is 0 Å². The monoisotopic (exact) mass is 602 g/mol. The first kappa shape index (κ1) is 31.7. The molecule has 3 aromatic rings. The van der Waals surface area contributed by atoms with E-state index in [0.29, 0.717) is 22.7 Å². The summed E-state index contributed by atoms with van der Waals surface area (Å²) >= 11 is 0. The lowest BCUT2D eigenvalue weighted by Gasteiger charge is -2.37. The van der Waals surface area contributed by atoms with Crippen molar-refractivity contribution >= 4 is 12.0 Å². The number of amidine groups is 1. The van der Waals surface area contributed by atoms with Crippen LogP contribution < -0.4 is 10.5 Å². The van der Waals surface area contributed by atoms with E-state index < -0.39 is 48.2 Å². The molecule has 0 amide bonds. The molecule has 42 heavy (non-hydrogen) atoms. The van der Waals surface area contributed by atoms with Gasteiger partial charge in [-0.05, 0) is 44.2 Å². The van der Waals surface area contributed by atoms with Gasteiger partial charge in [-0.15, -0.1) is 5.92 Å². The second-order valence-corrected chi connectivity index (χ2v) is 8.73. The summed E-state index contributed by atoms with van der Waals surface area (Å²) in [5.74, 6) is 2.78. The molecular weight excluding hydrogens is 581 g/mol. The average molecular weight is 602 g/mol. The van der Waals surface area contributed by atoms with Gasteiger partial charge in [0.1, 0.15) is 29.5 Å². The van der Waals surface area contributed by atoms with E-state index in [4.69, 9.17) is 29.6 Å². The average Bonchev–Trinajstić information content (AvgIpc) is 3.39. The van der Waals surface area contributed by atoms with Gasteiger partial charge in [0.2, 0.25) is 0 Å². The largest absolute Gasteiger partial charge is 0.490 e. The van der Waals surface area contributed by atoms with Crippen molar-refractivity contribution in [2.75, 3.05) is 6.61 Å². The molecule has 0 saturated carbocycles. The molecule has 0 saturated heterocycles. The van der Waals surface area contributed by atoms with Gasteiger partial charge in [0.15, 0.2) is 11.8 Å². The number of pyridine rings is 1. The molecule has 3 heterocycles. The fourth-order valence-corrected chi connectivity index (χ4v) is 3.65. The Kier molecular flexibility index (Phi) is 9.34. The van der Waals surface area contributed by atoms with Gasteiger partial charge in [-0.25, -0.2) is 14.2 Å². The van der Waals surface area contributed by atoms with E-state index >= 15 is 0 Å². The SMILES string of the molecule is CC#CCOc1ccc(-c2cc(-c3ccc(F)c([C@]4(C)C[C@@H](C(F)(F)F)N=C(N)O4)c3)on2)nc1.O=C(O)C(F)(F)F. The van der Waals surface area contributed by atoms with Gasteiger partial charge < -0.3 is 24.8 Å². The third kappa shape index (κ3) is 7.89. The lowest BCUT2D eigenvalue weighted by Crippen LogP contribution is -2.46. The number of aromatic nitrogens is 2. The number of hydrogen-bond acceptors (Lipinski definition) is 8. The highest BCUT2D eigenvalue weighted by Gasteiger charge is 2.49. The minimum Gasteiger partial charge on any atom is -0.479 e. The van der Waals surface area contributed by atoms with Crippen molar-refractivity contribution in [1.82, 2.24) is 10.1 Å². The highest BCUT2D eigenvalue weighted by molar-refractivity contribution is 5.74. The first-order valence-electron chi connectivity index (χ1n) is 11.7. The van der Waals surface area contributed by atoms with Gasteiger partial charge in [0.25, 0.3) is 6.02 Å². The molecule has 1 aliphatic heterocycles. The van der Waals surface area contributed by atoms with E-state index in [9.17, 15) is 30.7 Å². The summed E-state index contributed by atoms with van der Waals surface area (Å²) < 4.78 is 103. The van der Waals surface area contributed by atoms with Gasteiger partial charge in [-0.3, -0.25) is 4.98 Å². The summed E-state index contributed by atoms with van der Waals surface area (Å²) in [6.07, 6.45) is -8.86. The summed E-state index contributed by atoms with van der Waals surface area (Å²) in [6.45, 7) is 3.28. The lowest BCUT2D eigenvalue weighted by molar-refractivity contribution is -0.192. The number of alkyl halides is 6. The summed E-state index contributed by atoms with van der Waals surface area (Å²) in [7, 11) is 0. The second-order valence-electron chi connectivity index (χ2n) is 8.73. The number of nitrogens with zero attached hydrogens (tertiary/aromatic N) is 3. The molecule has 9 nitrogen and oxygen atoms in total. The summed E-state index contributed by atoms with van der Waals surface area (Å²) in [5, 5.41) is 11.1. The number of carbonyl (C=O) groups is 1. The van der Waals surface area contributed by atoms with Gasteiger partial charge in [-0.2, -0.15) is 26.3 Å².